The van der Waals surface area contributed by atoms with Crippen molar-refractivity contribution in [1.82, 2.24) is 0 Å². The normalized spacial score (nSPS) is 12.9. The van der Waals surface area contributed by atoms with Gasteiger partial charge in [0.05, 0.1) is 0 Å². The average molecular weight is 511 g/mol. The van der Waals surface area contributed by atoms with E-state index in [1.807, 2.05) is 0 Å². The summed E-state index contributed by atoms with van der Waals surface area (Å²) in [4.78, 5) is 0. The van der Waals surface area contributed by atoms with Gasteiger partial charge in [-0.05, 0) is 60.4 Å². The van der Waals surface area contributed by atoms with Crippen molar-refractivity contribution in [1.29, 1.82) is 0 Å². The maximum absolute atomic E-state index is 2.40. The molecule has 0 spiro atoms. The van der Waals surface area contributed by atoms with E-state index in [9.17, 15) is 0 Å². The fourth-order valence-corrected chi connectivity index (χ4v) is 5.93. The molecule has 0 bridgehead atoms. The van der Waals surface area contributed by atoms with Crippen molar-refractivity contribution >= 4 is 0 Å². The van der Waals surface area contributed by atoms with Gasteiger partial charge < -0.3 is 0 Å². The summed E-state index contributed by atoms with van der Waals surface area (Å²) in [5.74, 6) is 0.597. The first-order chi connectivity index (χ1) is 16.2. The van der Waals surface area contributed by atoms with E-state index >= 15 is 0 Å². The van der Waals surface area contributed by atoms with Crippen molar-refractivity contribution in [2.45, 2.75) is 88.5 Å². The van der Waals surface area contributed by atoms with E-state index in [1.54, 1.807) is 0 Å². The topological polar surface area (TPSA) is 0 Å². The number of benzene rings is 4. The second-order valence-electron chi connectivity index (χ2n) is 9.82. The lowest BCUT2D eigenvalue weighted by Gasteiger charge is -2.45. The van der Waals surface area contributed by atoms with E-state index in [0.717, 1.165) is 0 Å². The zero-order valence-corrected chi connectivity index (χ0v) is 19.9. The third kappa shape index (κ3) is 6.65. The van der Waals surface area contributed by atoms with Gasteiger partial charge in [-0.1, -0.05) is 171 Å². The largest absolute Gasteiger partial charge is 0.0776 e. The van der Waals surface area contributed by atoms with Crippen LogP contribution in [0.5, 0.6) is 0 Å². The Kier molecular flexibility index (Phi) is 14.1. The molecule has 206 valence electrons. The molecule has 0 heterocycles. The summed E-state index contributed by atoms with van der Waals surface area (Å²) >= 11 is 0. The first-order valence-corrected chi connectivity index (χ1v) is 12.5. The van der Waals surface area contributed by atoms with E-state index in [1.165, 1.54) is 71.0 Å². The van der Waals surface area contributed by atoms with E-state index in [0.29, 0.717) is 5.92 Å². The Hall–Kier alpha value is -3.12. The van der Waals surface area contributed by atoms with Crippen LogP contribution in [0.25, 0.3) is 11.1 Å². The molecular formula is C38H54. The first kappa shape index (κ1) is 34.9. The highest BCUT2D eigenvalue weighted by molar-refractivity contribution is 5.65. The Morgan fingerprint density at radius 1 is 0.447 bits per heavy atom. The van der Waals surface area contributed by atoms with Crippen LogP contribution in [-0.4, -0.2) is 0 Å². The molecule has 38 heavy (non-hydrogen) atoms. The summed E-state index contributed by atoms with van der Waals surface area (Å²) in [5, 5.41) is 0. The van der Waals surface area contributed by atoms with Crippen LogP contribution in [-0.2, 0) is 5.41 Å². The van der Waals surface area contributed by atoms with Gasteiger partial charge in [0, 0.05) is 5.41 Å². The molecule has 0 unspecified atom stereocenters. The lowest BCUT2D eigenvalue weighted by molar-refractivity contribution is 0.271. The van der Waals surface area contributed by atoms with Gasteiger partial charge in [-0.25, -0.2) is 0 Å². The number of hydrogen-bond donors (Lipinski definition) is 0. The Morgan fingerprint density at radius 2 is 0.816 bits per heavy atom. The molecule has 0 aromatic heterocycles. The van der Waals surface area contributed by atoms with Crippen LogP contribution >= 0.6 is 0 Å². The van der Waals surface area contributed by atoms with Crippen LogP contribution in [0.15, 0.2) is 103 Å². The lowest BCUT2D eigenvalue weighted by atomic mass is 9.58. The fourth-order valence-electron chi connectivity index (χ4n) is 5.93. The molecule has 0 atom stereocenters. The third-order valence-electron chi connectivity index (χ3n) is 7.68. The summed E-state index contributed by atoms with van der Waals surface area (Å²) in [5.41, 5.74) is 9.34. The summed E-state index contributed by atoms with van der Waals surface area (Å²) in [6.07, 6.45) is 6.57. The highest BCUT2D eigenvalue weighted by Crippen LogP contribution is 2.50. The Labute approximate surface area is 236 Å². The van der Waals surface area contributed by atoms with Gasteiger partial charge in [-0.2, -0.15) is 0 Å². The second kappa shape index (κ2) is 15.3. The minimum absolute atomic E-state index is 0. The van der Waals surface area contributed by atoms with Crippen molar-refractivity contribution < 1.29 is 0 Å². The van der Waals surface area contributed by atoms with Crippen molar-refractivity contribution in [3.05, 3.63) is 131 Å². The molecule has 0 saturated heterocycles. The lowest BCUT2D eigenvalue weighted by Crippen LogP contribution is -2.39. The van der Waals surface area contributed by atoms with Gasteiger partial charge in [0.1, 0.15) is 0 Å². The molecule has 0 radical (unpaired) electrons. The molecule has 4 aromatic rings. The zero-order chi connectivity index (χ0) is 22.7. The Bertz CT molecular complexity index is 1110. The molecule has 0 aliphatic heterocycles. The molecular weight excluding hydrogens is 456 g/mol. The van der Waals surface area contributed by atoms with Gasteiger partial charge in [0.15, 0.2) is 0 Å². The molecule has 1 fully saturated rings. The highest BCUT2D eigenvalue weighted by Gasteiger charge is 2.43. The maximum Gasteiger partial charge on any atom is 0.0479 e. The van der Waals surface area contributed by atoms with Gasteiger partial charge in [0.25, 0.3) is 0 Å². The predicted molar refractivity (Wildman–Crippen MR) is 174 cm³/mol. The fraction of sp³-hybridized carbons (Fsp3) is 0.368. The van der Waals surface area contributed by atoms with Gasteiger partial charge >= 0.3 is 0 Å². The Morgan fingerprint density at radius 3 is 1.24 bits per heavy atom. The van der Waals surface area contributed by atoms with Crippen LogP contribution in [0.2, 0.25) is 0 Å². The highest BCUT2D eigenvalue weighted by atomic mass is 14.5. The predicted octanol–water partition coefficient (Wildman–Crippen LogP) is 12.1. The maximum atomic E-state index is 2.40. The monoisotopic (exact) mass is 510 g/mol. The average Bonchev–Trinajstić information content (AvgIpc) is 2.88. The van der Waals surface area contributed by atoms with E-state index in [2.05, 4.69) is 117 Å². The van der Waals surface area contributed by atoms with Gasteiger partial charge in [-0.3, -0.25) is 0 Å². The van der Waals surface area contributed by atoms with E-state index in [4.69, 9.17) is 0 Å². The molecule has 5 rings (SSSR count). The SMILES string of the molecule is C.C.C.C.C.Cc1ccc(C(c2ccc(C)cc2)(c2ccc(-c3ccccc3)cc2)C2CCCCC2)cc1. The summed E-state index contributed by atoms with van der Waals surface area (Å²) in [6.45, 7) is 4.37. The van der Waals surface area contributed by atoms with Crippen molar-refractivity contribution in [3.8, 4) is 11.1 Å². The molecule has 0 nitrogen and oxygen atoms in total. The van der Waals surface area contributed by atoms with Crippen LogP contribution in [0, 0.1) is 19.8 Å². The molecule has 0 heteroatoms. The smallest absolute Gasteiger partial charge is 0.0479 e. The Balaban J connectivity index is 0.00000274. The summed E-state index contributed by atoms with van der Waals surface area (Å²) in [6, 6.07) is 38.9. The van der Waals surface area contributed by atoms with E-state index in [-0.39, 0.29) is 42.5 Å². The van der Waals surface area contributed by atoms with Crippen molar-refractivity contribution in [3.63, 3.8) is 0 Å². The van der Waals surface area contributed by atoms with Crippen LogP contribution in [0.1, 0.15) is 97.1 Å². The molecule has 0 N–H and O–H groups in total. The van der Waals surface area contributed by atoms with Crippen LogP contribution < -0.4 is 0 Å². The number of aryl methyl sites for hydroxylation is 2. The number of rotatable bonds is 5. The molecule has 1 aliphatic rings. The standard InChI is InChI=1S/C33H34.5CH4/c1-25-13-19-30(20-14-25)33(29-11-7-4-8-12-29,31-21-15-26(2)16-22-31)32-23-17-28(18-24-32)27-9-5-3-6-10-27;;;;;/h3,5-6,9-10,13-24,29H,4,7-8,11-12H2,1-2H3;5*1H4. The second-order valence-corrected chi connectivity index (χ2v) is 9.82. The van der Waals surface area contributed by atoms with Gasteiger partial charge in [-0.15, -0.1) is 0 Å². The third-order valence-corrected chi connectivity index (χ3v) is 7.68. The van der Waals surface area contributed by atoms with Crippen molar-refractivity contribution in [2.24, 2.45) is 5.92 Å². The zero-order valence-electron chi connectivity index (χ0n) is 19.9. The summed E-state index contributed by atoms with van der Waals surface area (Å²) in [7, 11) is 0. The quantitative estimate of drug-likeness (QED) is 0.234. The number of hydrogen-bond acceptors (Lipinski definition) is 0. The minimum atomic E-state index is -0.128. The van der Waals surface area contributed by atoms with E-state index < -0.39 is 0 Å². The molecule has 1 saturated carbocycles. The first-order valence-electron chi connectivity index (χ1n) is 12.5. The molecule has 1 aliphatic carbocycles. The molecule has 4 aromatic carbocycles. The van der Waals surface area contributed by atoms with Crippen LogP contribution in [0.4, 0.5) is 0 Å². The van der Waals surface area contributed by atoms with Crippen molar-refractivity contribution in [2.75, 3.05) is 0 Å². The van der Waals surface area contributed by atoms with Crippen LogP contribution in [0.3, 0.4) is 0 Å². The minimum Gasteiger partial charge on any atom is -0.0776 e. The van der Waals surface area contributed by atoms with Gasteiger partial charge in [0.2, 0.25) is 0 Å². The summed E-state index contributed by atoms with van der Waals surface area (Å²) < 4.78 is 0. The molecule has 0 amide bonds.